The van der Waals surface area contributed by atoms with E-state index in [1.54, 1.807) is 17.4 Å². The van der Waals surface area contributed by atoms with Crippen LogP contribution in [0.4, 0.5) is 13.2 Å². The van der Waals surface area contributed by atoms with Crippen LogP contribution in [0.25, 0.3) is 44.6 Å². The number of aromatic nitrogens is 4. The molecular weight excluding hydrogens is 953 g/mol. The zero-order chi connectivity index (χ0) is 45.4. The third-order valence-electron chi connectivity index (χ3n) is 8.73. The Hall–Kier alpha value is -6.36. The largest absolute Gasteiger partial charge is 2.00 e. The van der Waals surface area contributed by atoms with E-state index in [9.17, 15) is 32.7 Å². The SMILES string of the molecule is CCCCCCCCc1sc(-c2ccc(/C([NH-])=C/C(=N)C(F)(F)F)nc2)c2c1OCCO2.N#C[S-].O=C(O)c1ccnc(-c2cc(C(=O)O)cc(-c3cc(C(=O)O)ccn3)n2)c1.[Ru+2]. The quantitative estimate of drug-likeness (QED) is 0.0250. The van der Waals surface area contributed by atoms with Gasteiger partial charge in [-0.05, 0) is 67.4 Å². The molecule has 0 saturated carbocycles. The predicted molar refractivity (Wildman–Crippen MR) is 226 cm³/mol. The average molecular weight is 991 g/mol. The Balaban J connectivity index is 0.000000315. The van der Waals surface area contributed by atoms with Crippen molar-refractivity contribution in [3.05, 3.63) is 106 Å². The van der Waals surface area contributed by atoms with Crippen molar-refractivity contribution < 1.29 is 71.8 Å². The topological polar surface area (TPSA) is 253 Å². The van der Waals surface area contributed by atoms with Crippen molar-refractivity contribution in [2.75, 3.05) is 13.2 Å². The number of carbonyl (C=O) groups is 3. The number of hydrogen-bond donors (Lipinski definition) is 4. The molecule has 5 aromatic heterocycles. The number of halogens is 3. The molecule has 5 N–H and O–H groups in total. The van der Waals surface area contributed by atoms with Crippen molar-refractivity contribution >= 4 is 53.3 Å². The maximum Gasteiger partial charge on any atom is 2.00 e. The molecule has 0 radical (unpaired) electrons. The summed E-state index contributed by atoms with van der Waals surface area (Å²) in [6.07, 6.45) is 7.89. The first kappa shape index (κ1) is 51.0. The van der Waals surface area contributed by atoms with Crippen molar-refractivity contribution in [1.29, 1.82) is 10.7 Å². The summed E-state index contributed by atoms with van der Waals surface area (Å²) in [5.74, 6) is -2.08. The van der Waals surface area contributed by atoms with E-state index < -0.39 is 35.5 Å². The van der Waals surface area contributed by atoms with Gasteiger partial charge >= 0.3 is 43.6 Å². The number of alkyl halides is 3. The van der Waals surface area contributed by atoms with Crippen molar-refractivity contribution in [2.45, 2.75) is 58.0 Å². The number of rotatable bonds is 15. The number of unbranched alkanes of at least 4 members (excludes halogenated alkanes) is 5. The number of thiophene rings is 1. The fourth-order valence-electron chi connectivity index (χ4n) is 5.74. The molecule has 0 amide bonds. The Morgan fingerprint density at radius 2 is 1.35 bits per heavy atom. The van der Waals surface area contributed by atoms with Gasteiger partial charge in [-0.15, -0.1) is 17.0 Å². The van der Waals surface area contributed by atoms with Crippen LogP contribution < -0.4 is 9.47 Å². The number of aryl methyl sites for hydroxylation is 1. The summed E-state index contributed by atoms with van der Waals surface area (Å²) in [7, 11) is 0. The molecule has 5 aromatic rings. The number of carboxylic acids is 3. The number of nitriles is 1. The van der Waals surface area contributed by atoms with E-state index in [-0.39, 0.29) is 64.6 Å². The van der Waals surface area contributed by atoms with Gasteiger partial charge in [0.1, 0.15) is 18.9 Å². The molecule has 0 fully saturated rings. The van der Waals surface area contributed by atoms with Crippen LogP contribution in [-0.2, 0) is 38.5 Å². The van der Waals surface area contributed by atoms with E-state index in [0.717, 1.165) is 33.9 Å². The van der Waals surface area contributed by atoms with Crippen LogP contribution in [0.1, 0.15) is 87.1 Å². The van der Waals surface area contributed by atoms with Crippen molar-refractivity contribution in [1.82, 2.24) is 19.9 Å². The van der Waals surface area contributed by atoms with Gasteiger partial charge in [0.15, 0.2) is 11.5 Å². The second-order valence-electron chi connectivity index (χ2n) is 13.1. The fourth-order valence-corrected chi connectivity index (χ4v) is 6.96. The second kappa shape index (κ2) is 24.3. The van der Waals surface area contributed by atoms with Crippen molar-refractivity contribution in [3.63, 3.8) is 0 Å². The number of allylic oxidation sites excluding steroid dienone is 1. The minimum atomic E-state index is -4.79. The smallest absolute Gasteiger partial charge is 0.697 e. The zero-order valence-electron chi connectivity index (χ0n) is 33.2. The molecule has 1 aliphatic heterocycles. The molecule has 0 bridgehead atoms. The minimum Gasteiger partial charge on any atom is -0.697 e. The normalized spacial score (nSPS) is 11.6. The Bertz CT molecular complexity index is 2400. The number of carboxylic acid groups (broad SMARTS) is 3. The summed E-state index contributed by atoms with van der Waals surface area (Å²) in [6.45, 7) is 3.16. The van der Waals surface area contributed by atoms with Crippen LogP contribution in [0.5, 0.6) is 11.5 Å². The molecule has 6 heterocycles. The third kappa shape index (κ3) is 14.6. The molecule has 0 saturated heterocycles. The van der Waals surface area contributed by atoms with E-state index >= 15 is 0 Å². The molecule has 0 spiro atoms. The van der Waals surface area contributed by atoms with E-state index in [0.29, 0.717) is 25.0 Å². The van der Waals surface area contributed by atoms with Gasteiger partial charge in [-0.2, -0.15) is 13.2 Å². The Kier molecular flexibility index (Phi) is 19.7. The molecular formula is C42H38F3N7O8RuS2. The van der Waals surface area contributed by atoms with E-state index in [4.69, 9.17) is 36.1 Å². The number of thiocyanates is 1. The average Bonchev–Trinajstić information content (AvgIpc) is 3.63. The third-order valence-corrected chi connectivity index (χ3v) is 9.99. The van der Waals surface area contributed by atoms with Gasteiger partial charge in [-0.3, -0.25) is 20.4 Å². The molecule has 0 aliphatic carbocycles. The standard InChI is InChI=1S/C23H27F3N3O2S.C18H11N3O6.CHNS.Ru/c1-2-3-4-5-6-7-8-18-20-21(31-12-11-30-20)22(32-18)15-9-10-17(29-14-15)16(27)13-19(28)23(24,25)26;22-16(23)9-1-3-19-12(5-9)14-7-11(18(26)27)8-15(21-14)13-6-10(17(24)25)2-4-20-13;2-1-3;/h9-10,13-14,27-28H,2-8,11-12H2,1H3;1-8H,(H,22,23)(H,24,25)(H,26,27);3H;/q-1;;;+2/p-1/b16-13-,28-19?;;;. The van der Waals surface area contributed by atoms with Gasteiger partial charge in [0.05, 0.1) is 49.2 Å². The van der Waals surface area contributed by atoms with Gasteiger partial charge < -0.3 is 43.2 Å². The van der Waals surface area contributed by atoms with Gasteiger partial charge in [0.2, 0.25) is 0 Å². The first-order valence-corrected chi connectivity index (χ1v) is 19.9. The van der Waals surface area contributed by atoms with E-state index in [2.05, 4.69) is 39.5 Å². The molecule has 0 atom stereocenters. The first-order valence-electron chi connectivity index (χ1n) is 18.7. The zero-order valence-corrected chi connectivity index (χ0v) is 36.6. The van der Waals surface area contributed by atoms with Crippen LogP contribution in [0, 0.1) is 16.1 Å². The van der Waals surface area contributed by atoms with Crippen molar-refractivity contribution in [3.8, 4) is 50.1 Å². The van der Waals surface area contributed by atoms with E-state index in [1.807, 2.05) is 0 Å². The Morgan fingerprint density at radius 1 is 0.841 bits per heavy atom. The molecule has 0 aromatic carbocycles. The monoisotopic (exact) mass is 991 g/mol. The Labute approximate surface area is 381 Å². The summed E-state index contributed by atoms with van der Waals surface area (Å²) >= 11 is 5.29. The minimum absolute atomic E-state index is 0. The van der Waals surface area contributed by atoms with Crippen LogP contribution >= 0.6 is 11.3 Å². The summed E-state index contributed by atoms with van der Waals surface area (Å²) < 4.78 is 49.4. The van der Waals surface area contributed by atoms with Crippen LogP contribution in [0.2, 0.25) is 0 Å². The van der Waals surface area contributed by atoms with Crippen molar-refractivity contribution in [2.24, 2.45) is 0 Å². The fraction of sp³-hybridized carbons (Fsp3) is 0.262. The maximum absolute atomic E-state index is 12.5. The number of nitrogens with one attached hydrogen (secondary N) is 2. The number of pyridine rings is 4. The molecule has 6 rings (SSSR count). The number of hydrogen-bond acceptors (Lipinski definition) is 13. The second-order valence-corrected chi connectivity index (χ2v) is 14.4. The molecule has 0 unspecified atom stereocenters. The summed E-state index contributed by atoms with van der Waals surface area (Å²) in [4.78, 5) is 52.3. The molecule has 1 aliphatic rings. The number of aromatic carboxylic acids is 3. The van der Waals surface area contributed by atoms with Gasteiger partial charge in [0, 0.05) is 29.8 Å². The summed E-state index contributed by atoms with van der Waals surface area (Å²) in [6, 6.07) is 10.8. The number of nitrogens with zero attached hydrogens (tertiary/aromatic N) is 5. The molecule has 15 nitrogen and oxygen atoms in total. The first-order chi connectivity index (χ1) is 29.6. The number of fused-ring (bicyclic) bond motifs is 1. The van der Waals surface area contributed by atoms with Crippen LogP contribution in [0.15, 0.2) is 73.2 Å². The van der Waals surface area contributed by atoms with E-state index in [1.165, 1.54) is 98.6 Å². The predicted octanol–water partition coefficient (Wildman–Crippen LogP) is 9.77. The summed E-state index contributed by atoms with van der Waals surface area (Å²) in [5, 5.41) is 43.1. The van der Waals surface area contributed by atoms with Crippen LogP contribution in [-0.4, -0.2) is 78.3 Å². The molecule has 21 heteroatoms. The molecule has 63 heavy (non-hydrogen) atoms. The van der Waals surface area contributed by atoms with Gasteiger partial charge in [0.25, 0.3) is 0 Å². The van der Waals surface area contributed by atoms with Gasteiger partial charge in [-0.25, -0.2) is 24.6 Å². The summed E-state index contributed by atoms with van der Waals surface area (Å²) in [5.41, 5.74) is 6.96. The molecule has 330 valence electrons. The van der Waals surface area contributed by atoms with Gasteiger partial charge in [-0.1, -0.05) is 44.4 Å². The Morgan fingerprint density at radius 3 is 1.84 bits per heavy atom. The maximum atomic E-state index is 12.5. The number of ether oxygens (including phenoxy) is 2. The van der Waals surface area contributed by atoms with Crippen LogP contribution in [0.3, 0.4) is 0 Å².